The minimum Gasteiger partial charge on any atom is -0.477 e. The van der Waals surface area contributed by atoms with Crippen LogP contribution in [0.4, 0.5) is 0 Å². The Morgan fingerprint density at radius 1 is 1.40 bits per heavy atom. The van der Waals surface area contributed by atoms with Gasteiger partial charge < -0.3 is 10.3 Å². The molecule has 0 unspecified atom stereocenters. The van der Waals surface area contributed by atoms with Crippen LogP contribution in [0.15, 0.2) is 5.16 Å². The molecular weight excluding hydrogens is 134 g/mol. The maximum absolute atomic E-state index is 10.3. The van der Waals surface area contributed by atoms with Crippen LogP contribution in [0, 0.1) is 5.41 Å². The molecule has 0 aromatic carbocycles. The van der Waals surface area contributed by atoms with Gasteiger partial charge in [0.1, 0.15) is 0 Å². The molecule has 0 heterocycles. The van der Waals surface area contributed by atoms with Gasteiger partial charge in [0.15, 0.2) is 5.71 Å². The number of carboxylic acid groups (broad SMARTS) is 1. The average Bonchev–Trinajstić information content (AvgIpc) is 1.60. The van der Waals surface area contributed by atoms with Crippen molar-refractivity contribution in [3.8, 4) is 0 Å². The maximum Gasteiger partial charge on any atom is 0.354 e. The zero-order valence-electron chi connectivity index (χ0n) is 6.25. The molecule has 0 rings (SSSR count). The number of hydrogen-bond acceptors (Lipinski definition) is 3. The number of nitrogens with zero attached hydrogens (tertiary/aromatic N) is 1. The lowest BCUT2D eigenvalue weighted by Gasteiger charge is -2.15. The molecule has 0 radical (unpaired) electrons. The van der Waals surface area contributed by atoms with Crippen LogP contribution in [-0.4, -0.2) is 22.0 Å². The van der Waals surface area contributed by atoms with Crippen LogP contribution in [0.25, 0.3) is 0 Å². The Hall–Kier alpha value is -1.06. The summed E-state index contributed by atoms with van der Waals surface area (Å²) in [6.07, 6.45) is 0. The molecule has 0 aromatic rings. The molecule has 0 aliphatic heterocycles. The molecule has 4 heteroatoms. The fourth-order valence-electron chi connectivity index (χ4n) is 0.514. The van der Waals surface area contributed by atoms with Gasteiger partial charge in [-0.15, -0.1) is 0 Å². The molecule has 0 saturated heterocycles. The van der Waals surface area contributed by atoms with E-state index in [1.807, 2.05) is 0 Å². The van der Waals surface area contributed by atoms with E-state index in [1.54, 1.807) is 20.8 Å². The zero-order valence-corrected chi connectivity index (χ0v) is 6.25. The third-order valence-corrected chi connectivity index (χ3v) is 1.01. The summed E-state index contributed by atoms with van der Waals surface area (Å²) in [7, 11) is 0. The summed E-state index contributed by atoms with van der Waals surface area (Å²) in [4.78, 5) is 10.3. The van der Waals surface area contributed by atoms with Gasteiger partial charge in [-0.05, 0) is 0 Å². The van der Waals surface area contributed by atoms with Gasteiger partial charge in [0.25, 0.3) is 0 Å². The summed E-state index contributed by atoms with van der Waals surface area (Å²) in [6, 6.07) is 0. The molecule has 0 spiro atoms. The average molecular weight is 145 g/mol. The smallest absolute Gasteiger partial charge is 0.354 e. The van der Waals surface area contributed by atoms with Crippen molar-refractivity contribution in [2.75, 3.05) is 0 Å². The van der Waals surface area contributed by atoms with Gasteiger partial charge in [-0.25, -0.2) is 4.79 Å². The summed E-state index contributed by atoms with van der Waals surface area (Å²) < 4.78 is 0. The van der Waals surface area contributed by atoms with Gasteiger partial charge in [0.2, 0.25) is 0 Å². The molecule has 58 valence electrons. The van der Waals surface area contributed by atoms with Crippen molar-refractivity contribution < 1.29 is 15.1 Å². The molecule has 0 amide bonds. The van der Waals surface area contributed by atoms with Crippen molar-refractivity contribution in [2.45, 2.75) is 20.8 Å². The largest absolute Gasteiger partial charge is 0.477 e. The number of carboxylic acids is 1. The van der Waals surface area contributed by atoms with E-state index >= 15 is 0 Å². The van der Waals surface area contributed by atoms with E-state index < -0.39 is 11.4 Å². The third-order valence-electron chi connectivity index (χ3n) is 1.01. The second-order valence-corrected chi connectivity index (χ2v) is 3.00. The van der Waals surface area contributed by atoms with E-state index in [4.69, 9.17) is 10.3 Å². The Morgan fingerprint density at radius 2 is 1.80 bits per heavy atom. The predicted molar refractivity (Wildman–Crippen MR) is 36.3 cm³/mol. The molecular formula is C6H11NO3. The lowest BCUT2D eigenvalue weighted by atomic mass is 9.90. The van der Waals surface area contributed by atoms with Gasteiger partial charge in [-0.1, -0.05) is 25.9 Å². The SMILES string of the molecule is CC(C)(C)/C(=N/O)C(=O)O. The van der Waals surface area contributed by atoms with Crippen LogP contribution in [-0.2, 0) is 4.79 Å². The Bertz CT molecular complexity index is 166. The van der Waals surface area contributed by atoms with Gasteiger partial charge in [0.05, 0.1) is 0 Å². The van der Waals surface area contributed by atoms with Gasteiger partial charge in [-0.2, -0.15) is 0 Å². The minimum atomic E-state index is -1.19. The van der Waals surface area contributed by atoms with Crippen molar-refractivity contribution in [1.82, 2.24) is 0 Å². The summed E-state index contributed by atoms with van der Waals surface area (Å²) in [5.41, 5.74) is -0.840. The highest BCUT2D eigenvalue weighted by atomic mass is 16.4. The van der Waals surface area contributed by atoms with Gasteiger partial charge in [0, 0.05) is 5.41 Å². The van der Waals surface area contributed by atoms with E-state index in [9.17, 15) is 4.79 Å². The summed E-state index contributed by atoms with van der Waals surface area (Å²) in [5.74, 6) is -1.19. The van der Waals surface area contributed by atoms with Crippen molar-refractivity contribution in [3.63, 3.8) is 0 Å². The van der Waals surface area contributed by atoms with E-state index in [-0.39, 0.29) is 5.71 Å². The van der Waals surface area contributed by atoms with Crippen molar-refractivity contribution in [3.05, 3.63) is 0 Å². The Morgan fingerprint density at radius 3 is 1.80 bits per heavy atom. The Balaban J connectivity index is 4.56. The van der Waals surface area contributed by atoms with Crippen molar-refractivity contribution >= 4 is 11.7 Å². The first-order valence-electron chi connectivity index (χ1n) is 2.85. The van der Waals surface area contributed by atoms with Crippen LogP contribution >= 0.6 is 0 Å². The topological polar surface area (TPSA) is 69.9 Å². The highest BCUT2D eigenvalue weighted by Gasteiger charge is 2.25. The molecule has 10 heavy (non-hydrogen) atoms. The van der Waals surface area contributed by atoms with E-state index in [1.165, 1.54) is 0 Å². The van der Waals surface area contributed by atoms with Crippen molar-refractivity contribution in [1.29, 1.82) is 0 Å². The fraction of sp³-hybridized carbons (Fsp3) is 0.667. The highest BCUT2D eigenvalue weighted by Crippen LogP contribution is 2.15. The normalized spacial score (nSPS) is 13.3. The molecule has 0 aliphatic rings. The number of oxime groups is 1. The first-order valence-corrected chi connectivity index (χ1v) is 2.85. The van der Waals surface area contributed by atoms with Crippen molar-refractivity contribution in [2.24, 2.45) is 10.6 Å². The molecule has 4 nitrogen and oxygen atoms in total. The first kappa shape index (κ1) is 8.94. The number of aliphatic carboxylic acids is 1. The van der Waals surface area contributed by atoms with E-state index in [0.29, 0.717) is 0 Å². The third kappa shape index (κ3) is 2.05. The number of rotatable bonds is 1. The standard InChI is InChI=1S/C6H11NO3/c1-6(2,3)4(7-10)5(8)9/h10H,1-3H3,(H,8,9)/b7-4+. The molecule has 0 aromatic heterocycles. The molecule has 0 aliphatic carbocycles. The first-order chi connectivity index (χ1) is 4.39. The highest BCUT2D eigenvalue weighted by molar-refractivity contribution is 6.37. The van der Waals surface area contributed by atoms with Crippen LogP contribution in [0.2, 0.25) is 0 Å². The molecule has 0 saturated carbocycles. The molecule has 2 N–H and O–H groups in total. The molecule has 0 bridgehead atoms. The zero-order chi connectivity index (χ0) is 8.36. The number of hydrogen-bond donors (Lipinski definition) is 2. The van der Waals surface area contributed by atoms with Crippen LogP contribution in [0.3, 0.4) is 0 Å². The number of carbonyl (C=O) groups is 1. The Labute approximate surface area is 59.2 Å². The maximum atomic E-state index is 10.3. The lowest BCUT2D eigenvalue weighted by molar-refractivity contribution is -0.130. The van der Waals surface area contributed by atoms with Gasteiger partial charge in [-0.3, -0.25) is 0 Å². The van der Waals surface area contributed by atoms with Crippen LogP contribution in [0.1, 0.15) is 20.8 Å². The summed E-state index contributed by atoms with van der Waals surface area (Å²) >= 11 is 0. The summed E-state index contributed by atoms with van der Waals surface area (Å²) in [6.45, 7) is 4.99. The quantitative estimate of drug-likeness (QED) is 0.328. The van der Waals surface area contributed by atoms with Gasteiger partial charge >= 0.3 is 5.97 Å². The van der Waals surface area contributed by atoms with Crippen LogP contribution < -0.4 is 0 Å². The molecule has 0 atom stereocenters. The van der Waals surface area contributed by atoms with E-state index in [0.717, 1.165) is 0 Å². The second-order valence-electron chi connectivity index (χ2n) is 3.00. The van der Waals surface area contributed by atoms with Crippen LogP contribution in [0.5, 0.6) is 0 Å². The summed E-state index contributed by atoms with van der Waals surface area (Å²) in [5, 5.41) is 19.3. The predicted octanol–water partition coefficient (Wildman–Crippen LogP) is 0.947. The molecule has 0 fully saturated rings. The minimum absolute atomic E-state index is 0.229. The van der Waals surface area contributed by atoms with E-state index in [2.05, 4.69) is 5.16 Å². The lowest BCUT2D eigenvalue weighted by Crippen LogP contribution is -2.28. The Kier molecular flexibility index (Phi) is 2.40. The second kappa shape index (κ2) is 2.68. The monoisotopic (exact) mass is 145 g/mol. The fourth-order valence-corrected chi connectivity index (χ4v) is 0.514.